The average molecular weight is 631 g/mol. The smallest absolute Gasteiger partial charge is 0.281 e. The van der Waals surface area contributed by atoms with Gasteiger partial charge < -0.3 is 0 Å². The molecule has 10 nitrogen and oxygen atoms in total. The van der Waals surface area contributed by atoms with Gasteiger partial charge >= 0.3 is 20.7 Å². The summed E-state index contributed by atoms with van der Waals surface area (Å²) in [6.07, 6.45) is 0. The molecule has 4 aromatic carbocycles. The molecule has 0 saturated heterocycles. The Labute approximate surface area is 241 Å². The van der Waals surface area contributed by atoms with Gasteiger partial charge in [-0.15, -0.1) is 0 Å². The molecule has 41 heavy (non-hydrogen) atoms. The van der Waals surface area contributed by atoms with Crippen LogP contribution in [0.15, 0.2) is 121 Å². The second-order valence-electron chi connectivity index (χ2n) is 9.21. The Morgan fingerprint density at radius 1 is 0.927 bits per heavy atom. The fourth-order valence-corrected chi connectivity index (χ4v) is 6.02. The molecular formula is C29H21BrN5O5S+. The molecule has 0 bridgehead atoms. The molecule has 0 atom stereocenters. The number of rotatable bonds is 6. The molecule has 2 heterocycles. The number of H-pyrrole nitrogens is 1. The number of aryl methyl sites for hydroxylation is 1. The zero-order valence-electron chi connectivity index (χ0n) is 21.4. The minimum Gasteiger partial charge on any atom is -0.281 e. The van der Waals surface area contributed by atoms with Crippen LogP contribution in [0.3, 0.4) is 0 Å². The van der Waals surface area contributed by atoms with Gasteiger partial charge in [0.25, 0.3) is 5.56 Å². The maximum absolute atomic E-state index is 13.7. The molecule has 0 fully saturated rings. The molecule has 0 amide bonds. The van der Waals surface area contributed by atoms with Crippen LogP contribution in [0.4, 0.5) is 5.69 Å². The normalized spacial score (nSPS) is 11.6. The first-order valence-electron chi connectivity index (χ1n) is 12.3. The SMILES string of the molecule is Cc1ccc(-[n+]2[nH]oc(=O)c2S(=O)(=O)Nc2ccc(-n3c(-c4cccc(Br)c4)nc4ccccc4c3=O)cc2)cc1. The van der Waals surface area contributed by atoms with E-state index in [0.717, 1.165) is 14.7 Å². The van der Waals surface area contributed by atoms with Crippen LogP contribution >= 0.6 is 15.9 Å². The third-order valence-electron chi connectivity index (χ3n) is 6.39. The number of benzene rings is 4. The summed E-state index contributed by atoms with van der Waals surface area (Å²) in [6.45, 7) is 1.89. The minimum absolute atomic E-state index is 0.176. The van der Waals surface area contributed by atoms with Crippen LogP contribution in [0.2, 0.25) is 0 Å². The summed E-state index contributed by atoms with van der Waals surface area (Å²) in [6, 6.07) is 27.6. The summed E-state index contributed by atoms with van der Waals surface area (Å²) >= 11 is 3.48. The Kier molecular flexibility index (Phi) is 6.64. The number of hydrogen-bond donors (Lipinski definition) is 2. The number of fused-ring (bicyclic) bond motifs is 1. The van der Waals surface area contributed by atoms with E-state index in [1.807, 2.05) is 37.3 Å². The Morgan fingerprint density at radius 2 is 1.66 bits per heavy atom. The number of aromatic nitrogens is 4. The van der Waals surface area contributed by atoms with E-state index in [2.05, 4.69) is 25.9 Å². The molecule has 2 N–H and O–H groups in total. The van der Waals surface area contributed by atoms with Gasteiger partial charge in [-0.1, -0.05) is 57.9 Å². The van der Waals surface area contributed by atoms with Gasteiger partial charge in [0.05, 0.1) is 16.6 Å². The van der Waals surface area contributed by atoms with Crippen LogP contribution in [0.1, 0.15) is 5.56 Å². The highest BCUT2D eigenvalue weighted by molar-refractivity contribution is 9.10. The Hall–Kier alpha value is -4.81. The second kappa shape index (κ2) is 10.3. The number of aromatic amines is 1. The van der Waals surface area contributed by atoms with E-state index < -0.39 is 20.7 Å². The van der Waals surface area contributed by atoms with Gasteiger partial charge in [0.15, 0.2) is 0 Å². The van der Waals surface area contributed by atoms with Crippen LogP contribution in [-0.4, -0.2) is 23.2 Å². The van der Waals surface area contributed by atoms with Crippen molar-refractivity contribution in [2.45, 2.75) is 11.9 Å². The third kappa shape index (κ3) is 4.98. The van der Waals surface area contributed by atoms with Crippen LogP contribution in [0.25, 0.3) is 33.7 Å². The van der Waals surface area contributed by atoms with Crippen molar-refractivity contribution in [3.05, 3.63) is 128 Å². The number of nitrogens with zero attached hydrogens (tertiary/aromatic N) is 3. The van der Waals surface area contributed by atoms with Crippen LogP contribution in [0, 0.1) is 6.92 Å². The van der Waals surface area contributed by atoms with E-state index in [4.69, 9.17) is 9.51 Å². The van der Waals surface area contributed by atoms with Crippen molar-refractivity contribution in [3.63, 3.8) is 0 Å². The summed E-state index contributed by atoms with van der Waals surface area (Å²) in [5, 5.41) is 2.17. The highest BCUT2D eigenvalue weighted by atomic mass is 79.9. The van der Waals surface area contributed by atoms with E-state index in [-0.39, 0.29) is 11.2 Å². The number of para-hydroxylation sites is 1. The van der Waals surface area contributed by atoms with Crippen LogP contribution in [-0.2, 0) is 10.0 Å². The maximum atomic E-state index is 13.7. The maximum Gasteiger partial charge on any atom is 0.449 e. The number of sulfonamides is 1. The molecule has 0 radical (unpaired) electrons. The third-order valence-corrected chi connectivity index (χ3v) is 8.25. The Bertz CT molecular complexity index is 2150. The summed E-state index contributed by atoms with van der Waals surface area (Å²) in [4.78, 5) is 30.8. The molecule has 0 spiro atoms. The largest absolute Gasteiger partial charge is 0.449 e. The molecular weight excluding hydrogens is 610 g/mol. The lowest BCUT2D eigenvalue weighted by Crippen LogP contribution is -2.42. The van der Waals surface area contributed by atoms with Gasteiger partial charge in [-0.25, -0.2) is 9.78 Å². The molecule has 0 aliphatic carbocycles. The van der Waals surface area contributed by atoms with E-state index in [1.54, 1.807) is 54.6 Å². The lowest BCUT2D eigenvalue weighted by Gasteiger charge is -2.15. The summed E-state index contributed by atoms with van der Waals surface area (Å²) in [5.41, 5.74) is 1.96. The molecule has 6 rings (SSSR count). The molecule has 0 unspecified atom stereocenters. The highest BCUT2D eigenvalue weighted by Gasteiger charge is 2.36. The lowest BCUT2D eigenvalue weighted by molar-refractivity contribution is -0.705. The fraction of sp³-hybridized carbons (Fsp3) is 0.0345. The average Bonchev–Trinajstić information content (AvgIpc) is 3.36. The number of halogens is 1. The van der Waals surface area contributed by atoms with Gasteiger partial charge in [0, 0.05) is 27.9 Å². The summed E-state index contributed by atoms with van der Waals surface area (Å²) in [5.74, 6) is 0.424. The minimum atomic E-state index is -4.37. The lowest BCUT2D eigenvalue weighted by atomic mass is 10.1. The summed E-state index contributed by atoms with van der Waals surface area (Å²) in [7, 11) is -4.37. The van der Waals surface area contributed by atoms with Crippen molar-refractivity contribution in [2.75, 3.05) is 4.72 Å². The van der Waals surface area contributed by atoms with Crippen molar-refractivity contribution >= 4 is 42.5 Å². The zero-order valence-corrected chi connectivity index (χ0v) is 23.8. The quantitative estimate of drug-likeness (QED) is 0.261. The van der Waals surface area contributed by atoms with E-state index in [0.29, 0.717) is 33.7 Å². The van der Waals surface area contributed by atoms with Gasteiger partial charge in [-0.2, -0.15) is 8.42 Å². The first-order valence-corrected chi connectivity index (χ1v) is 14.6. The van der Waals surface area contributed by atoms with Gasteiger partial charge in [-0.05, 0) is 65.4 Å². The first kappa shape index (κ1) is 26.4. The predicted octanol–water partition coefficient (Wildman–Crippen LogP) is 4.48. The van der Waals surface area contributed by atoms with Crippen molar-refractivity contribution in [3.8, 4) is 22.8 Å². The summed E-state index contributed by atoms with van der Waals surface area (Å²) < 4.78 is 37.2. The molecule has 6 aromatic rings. The van der Waals surface area contributed by atoms with Gasteiger partial charge in [0.1, 0.15) is 5.82 Å². The van der Waals surface area contributed by atoms with Crippen LogP contribution < -0.4 is 20.6 Å². The van der Waals surface area contributed by atoms with E-state index >= 15 is 0 Å². The molecule has 12 heteroatoms. The predicted molar refractivity (Wildman–Crippen MR) is 157 cm³/mol. The topological polar surface area (TPSA) is 131 Å². The zero-order chi connectivity index (χ0) is 28.7. The number of anilines is 1. The monoisotopic (exact) mass is 630 g/mol. The van der Waals surface area contributed by atoms with Crippen molar-refractivity contribution in [1.29, 1.82) is 0 Å². The molecule has 0 saturated carbocycles. The van der Waals surface area contributed by atoms with Crippen molar-refractivity contribution in [1.82, 2.24) is 14.8 Å². The second-order valence-corrected chi connectivity index (χ2v) is 11.7. The Balaban J connectivity index is 1.40. The molecule has 0 aliphatic rings. The van der Waals surface area contributed by atoms with E-state index in [1.165, 1.54) is 16.7 Å². The highest BCUT2D eigenvalue weighted by Crippen LogP contribution is 2.26. The van der Waals surface area contributed by atoms with Crippen LogP contribution in [0.5, 0.6) is 0 Å². The standard InChI is InChI=1S/C29H20BrN5O5S/c1-18-9-13-23(14-10-18)35-28(29(37)40-33-35)41(38,39)32-21-11-15-22(16-12-21)34-26(19-5-4-6-20(30)17-19)31-25-8-3-2-7-24(25)27(34)36/h2-17,32H,1H3/p+1. The fourth-order valence-electron chi connectivity index (χ4n) is 4.43. The number of hydrogen-bond acceptors (Lipinski definition) is 6. The van der Waals surface area contributed by atoms with Gasteiger partial charge in [0.2, 0.25) is 5.69 Å². The van der Waals surface area contributed by atoms with Crippen molar-refractivity contribution in [2.24, 2.45) is 0 Å². The number of nitrogens with one attached hydrogen (secondary N) is 2. The van der Waals surface area contributed by atoms with Gasteiger partial charge in [-0.3, -0.25) is 18.6 Å². The molecule has 2 aromatic heterocycles. The van der Waals surface area contributed by atoms with Crippen molar-refractivity contribution < 1.29 is 17.6 Å². The molecule has 204 valence electrons. The molecule has 0 aliphatic heterocycles. The Morgan fingerprint density at radius 3 is 2.39 bits per heavy atom. The first-order chi connectivity index (χ1) is 19.7. The van der Waals surface area contributed by atoms with E-state index in [9.17, 15) is 18.0 Å².